The van der Waals surface area contributed by atoms with Crippen molar-refractivity contribution in [3.8, 4) is 11.5 Å². The first-order chi connectivity index (χ1) is 15.3. The molecule has 0 unspecified atom stereocenters. The molecule has 3 aromatic rings. The Hall–Kier alpha value is -3.24. The lowest BCUT2D eigenvalue weighted by molar-refractivity contribution is -0.117. The molecular formula is C27H27ClN2O2. The van der Waals surface area contributed by atoms with Gasteiger partial charge in [0.25, 0.3) is 0 Å². The third-order valence-corrected chi connectivity index (χ3v) is 6.15. The average molecular weight is 447 g/mol. The van der Waals surface area contributed by atoms with Crippen molar-refractivity contribution in [3.63, 3.8) is 0 Å². The normalized spacial score (nSPS) is 15.9. The molecule has 4 nitrogen and oxygen atoms in total. The second kappa shape index (κ2) is 9.09. The van der Waals surface area contributed by atoms with E-state index in [0.717, 1.165) is 28.1 Å². The van der Waals surface area contributed by atoms with E-state index in [1.807, 2.05) is 60.7 Å². The van der Waals surface area contributed by atoms with Gasteiger partial charge in [-0.15, -0.1) is 0 Å². The molecule has 2 N–H and O–H groups in total. The van der Waals surface area contributed by atoms with Crippen LogP contribution in [0.25, 0.3) is 5.70 Å². The molecule has 1 aliphatic heterocycles. The molecule has 1 amide bonds. The summed E-state index contributed by atoms with van der Waals surface area (Å²) in [5, 5.41) is 0.544. The van der Waals surface area contributed by atoms with Gasteiger partial charge >= 0.3 is 0 Å². The summed E-state index contributed by atoms with van der Waals surface area (Å²) < 4.78 is 6.23. The van der Waals surface area contributed by atoms with Crippen molar-refractivity contribution in [1.29, 1.82) is 0 Å². The molecule has 1 saturated heterocycles. The van der Waals surface area contributed by atoms with E-state index < -0.39 is 0 Å². The summed E-state index contributed by atoms with van der Waals surface area (Å²) in [7, 11) is 0. The van der Waals surface area contributed by atoms with Crippen LogP contribution in [0.15, 0.2) is 73.3 Å². The lowest BCUT2D eigenvalue weighted by atomic mass is 9.98. The minimum atomic E-state index is 0.0483. The number of benzene rings is 3. The number of rotatable bonds is 6. The lowest BCUT2D eigenvalue weighted by Gasteiger charge is -2.19. The summed E-state index contributed by atoms with van der Waals surface area (Å²) in [6, 6.07) is 21.4. The number of anilines is 1. The monoisotopic (exact) mass is 446 g/mol. The highest BCUT2D eigenvalue weighted by Crippen LogP contribution is 2.38. The van der Waals surface area contributed by atoms with E-state index >= 15 is 0 Å². The van der Waals surface area contributed by atoms with Crippen molar-refractivity contribution in [2.45, 2.75) is 32.1 Å². The number of carbonyl (C=O) groups excluding carboxylic acids is 1. The number of para-hydroxylation sites is 1. The van der Waals surface area contributed by atoms with Crippen molar-refractivity contribution < 1.29 is 9.53 Å². The summed E-state index contributed by atoms with van der Waals surface area (Å²) >= 11 is 6.46. The Morgan fingerprint density at radius 1 is 1.09 bits per heavy atom. The molecule has 0 radical (unpaired) electrons. The first kappa shape index (κ1) is 22.0. The fraction of sp³-hybridized carbons (Fsp3) is 0.222. The zero-order valence-electron chi connectivity index (χ0n) is 18.3. The van der Waals surface area contributed by atoms with Crippen LogP contribution in [0.3, 0.4) is 0 Å². The van der Waals surface area contributed by atoms with Gasteiger partial charge in [-0.25, -0.2) is 0 Å². The zero-order chi connectivity index (χ0) is 22.8. The van der Waals surface area contributed by atoms with Crippen molar-refractivity contribution in [2.75, 3.05) is 11.4 Å². The first-order valence-corrected chi connectivity index (χ1v) is 11.1. The van der Waals surface area contributed by atoms with Gasteiger partial charge in [-0.05, 0) is 52.9 Å². The summed E-state index contributed by atoms with van der Waals surface area (Å²) in [4.78, 5) is 14.6. The van der Waals surface area contributed by atoms with Gasteiger partial charge in [0.2, 0.25) is 5.91 Å². The minimum Gasteiger partial charge on any atom is -0.455 e. The minimum absolute atomic E-state index is 0.0483. The molecule has 4 rings (SSSR count). The number of hydrogen-bond acceptors (Lipinski definition) is 3. The van der Waals surface area contributed by atoms with Crippen LogP contribution in [0.2, 0.25) is 5.02 Å². The fourth-order valence-electron chi connectivity index (χ4n) is 4.07. The van der Waals surface area contributed by atoms with Gasteiger partial charge in [0, 0.05) is 30.3 Å². The zero-order valence-corrected chi connectivity index (χ0v) is 19.1. The maximum Gasteiger partial charge on any atom is 0.227 e. The number of hydrogen-bond donors (Lipinski definition) is 1. The third-order valence-electron chi connectivity index (χ3n) is 5.84. The lowest BCUT2D eigenvalue weighted by Crippen LogP contribution is -2.24. The van der Waals surface area contributed by atoms with Crippen LogP contribution in [0.4, 0.5) is 5.69 Å². The number of nitrogens with zero attached hydrogens (tertiary/aromatic N) is 1. The second-order valence-corrected chi connectivity index (χ2v) is 8.87. The van der Waals surface area contributed by atoms with E-state index in [4.69, 9.17) is 22.1 Å². The molecule has 1 heterocycles. The number of ether oxygens (including phenoxy) is 1. The van der Waals surface area contributed by atoms with Gasteiger partial charge in [0.05, 0.1) is 5.02 Å². The SMILES string of the molecule is C=C(N)c1cccc(N2C[C@@H](c3ccc(Cl)c(Oc4ccccc4C(C)C)c3)CC2=O)c1. The molecule has 0 bridgehead atoms. The smallest absolute Gasteiger partial charge is 0.227 e. The molecule has 0 aliphatic carbocycles. The molecule has 1 aliphatic rings. The maximum atomic E-state index is 12.8. The van der Waals surface area contributed by atoms with E-state index in [0.29, 0.717) is 35.4 Å². The Morgan fingerprint density at radius 2 is 1.88 bits per heavy atom. The maximum absolute atomic E-state index is 12.8. The van der Waals surface area contributed by atoms with Gasteiger partial charge in [-0.3, -0.25) is 4.79 Å². The Morgan fingerprint density at radius 3 is 2.62 bits per heavy atom. The Balaban J connectivity index is 1.59. The highest BCUT2D eigenvalue weighted by atomic mass is 35.5. The van der Waals surface area contributed by atoms with Gasteiger partial charge in [0.15, 0.2) is 0 Å². The van der Waals surface area contributed by atoms with Crippen LogP contribution in [0.1, 0.15) is 48.8 Å². The predicted octanol–water partition coefficient (Wildman–Crippen LogP) is 6.71. The van der Waals surface area contributed by atoms with E-state index in [-0.39, 0.29) is 11.8 Å². The van der Waals surface area contributed by atoms with E-state index in [1.54, 1.807) is 4.90 Å². The first-order valence-electron chi connectivity index (χ1n) is 10.7. The summed E-state index contributed by atoms with van der Waals surface area (Å²) in [6.45, 7) is 8.64. The topological polar surface area (TPSA) is 55.6 Å². The number of nitrogens with two attached hydrogens (primary N) is 1. The molecule has 164 valence electrons. The Kier molecular flexibility index (Phi) is 6.24. The van der Waals surface area contributed by atoms with Crippen molar-refractivity contribution in [1.82, 2.24) is 0 Å². The Labute approximate surface area is 194 Å². The highest BCUT2D eigenvalue weighted by Gasteiger charge is 2.32. The van der Waals surface area contributed by atoms with Crippen molar-refractivity contribution in [2.24, 2.45) is 5.73 Å². The van der Waals surface area contributed by atoms with Gasteiger partial charge in [0.1, 0.15) is 11.5 Å². The third kappa shape index (κ3) is 4.51. The molecule has 5 heteroatoms. The molecule has 0 saturated carbocycles. The van der Waals surface area contributed by atoms with Gasteiger partial charge in [-0.1, -0.05) is 68.4 Å². The molecular weight excluding hydrogens is 420 g/mol. The summed E-state index contributed by atoms with van der Waals surface area (Å²) in [5.74, 6) is 1.85. The quantitative estimate of drug-likeness (QED) is 0.458. The van der Waals surface area contributed by atoms with Crippen LogP contribution in [0.5, 0.6) is 11.5 Å². The van der Waals surface area contributed by atoms with Gasteiger partial charge in [-0.2, -0.15) is 0 Å². The van der Waals surface area contributed by atoms with Crippen LogP contribution in [-0.4, -0.2) is 12.5 Å². The summed E-state index contributed by atoms with van der Waals surface area (Å²) in [5.41, 5.74) is 10.1. The highest BCUT2D eigenvalue weighted by molar-refractivity contribution is 6.32. The number of halogens is 1. The van der Waals surface area contributed by atoms with Crippen molar-refractivity contribution >= 4 is 28.9 Å². The van der Waals surface area contributed by atoms with Gasteiger partial charge < -0.3 is 15.4 Å². The average Bonchev–Trinajstić information content (AvgIpc) is 3.17. The molecule has 3 aromatic carbocycles. The van der Waals surface area contributed by atoms with E-state index in [1.165, 1.54) is 0 Å². The summed E-state index contributed by atoms with van der Waals surface area (Å²) in [6.07, 6.45) is 0.428. The molecule has 1 fully saturated rings. The largest absolute Gasteiger partial charge is 0.455 e. The van der Waals surface area contributed by atoms with E-state index in [2.05, 4.69) is 26.5 Å². The second-order valence-electron chi connectivity index (χ2n) is 8.47. The molecule has 1 atom stereocenters. The number of carbonyl (C=O) groups is 1. The number of amides is 1. The molecule has 32 heavy (non-hydrogen) atoms. The molecule has 0 aromatic heterocycles. The standard InChI is InChI=1S/C27H27ClN2O2/c1-17(2)23-9-4-5-10-25(23)32-26-14-20(11-12-24(26)28)21-15-27(31)30(16-21)22-8-6-7-19(13-22)18(3)29/h4-14,17,21H,3,15-16,29H2,1-2H3/t21-/m0/s1. The molecule has 0 spiro atoms. The van der Waals surface area contributed by atoms with Crippen LogP contribution < -0.4 is 15.4 Å². The fourth-order valence-corrected chi connectivity index (χ4v) is 4.23. The Bertz CT molecular complexity index is 1170. The van der Waals surface area contributed by atoms with E-state index in [9.17, 15) is 4.79 Å². The van der Waals surface area contributed by atoms with Crippen LogP contribution >= 0.6 is 11.6 Å². The van der Waals surface area contributed by atoms with Crippen molar-refractivity contribution in [3.05, 3.63) is 95.0 Å². The van der Waals surface area contributed by atoms with Crippen LogP contribution in [-0.2, 0) is 4.79 Å². The van der Waals surface area contributed by atoms with Crippen LogP contribution in [0, 0.1) is 0 Å². The predicted molar refractivity (Wildman–Crippen MR) is 131 cm³/mol.